The molecule has 0 aromatic carbocycles. The summed E-state index contributed by atoms with van der Waals surface area (Å²) in [5.41, 5.74) is 0.930. The van der Waals surface area contributed by atoms with Crippen LogP contribution in [0.5, 0.6) is 0 Å². The zero-order valence-electron chi connectivity index (χ0n) is 14.7. The molecule has 3 heterocycles. The number of hydrogen-bond donors (Lipinski definition) is 0. The van der Waals surface area contributed by atoms with E-state index >= 15 is 0 Å². The summed E-state index contributed by atoms with van der Waals surface area (Å²) in [7, 11) is 0. The van der Waals surface area contributed by atoms with Crippen LogP contribution in [-0.2, 0) is 30.7 Å². The molecule has 6 heteroatoms. The highest BCUT2D eigenvalue weighted by Crippen LogP contribution is 2.22. The Morgan fingerprint density at radius 1 is 1.38 bits per heavy atom. The van der Waals surface area contributed by atoms with Crippen molar-refractivity contribution in [1.82, 2.24) is 19.7 Å². The summed E-state index contributed by atoms with van der Waals surface area (Å²) >= 11 is 0. The van der Waals surface area contributed by atoms with Crippen molar-refractivity contribution in [2.45, 2.75) is 53.1 Å². The highest BCUT2D eigenvalue weighted by Gasteiger charge is 2.28. The van der Waals surface area contributed by atoms with Gasteiger partial charge in [0.1, 0.15) is 11.5 Å². The lowest BCUT2D eigenvalue weighted by Crippen LogP contribution is -2.40. The Kier molecular flexibility index (Phi) is 5.02. The minimum absolute atomic E-state index is 0.0984. The quantitative estimate of drug-likeness (QED) is 0.817. The van der Waals surface area contributed by atoms with Gasteiger partial charge in [0, 0.05) is 31.8 Å². The van der Waals surface area contributed by atoms with Gasteiger partial charge in [-0.3, -0.25) is 9.48 Å². The summed E-state index contributed by atoms with van der Waals surface area (Å²) in [5, 5.41) is 4.18. The van der Waals surface area contributed by atoms with Crippen LogP contribution in [0.4, 0.5) is 0 Å². The molecule has 1 atom stereocenters. The zero-order valence-corrected chi connectivity index (χ0v) is 14.7. The summed E-state index contributed by atoms with van der Waals surface area (Å²) in [6.07, 6.45) is 6.32. The molecule has 1 unspecified atom stereocenters. The van der Waals surface area contributed by atoms with Crippen molar-refractivity contribution < 1.29 is 9.21 Å². The average Bonchev–Trinajstić information content (AvgIpc) is 3.20. The van der Waals surface area contributed by atoms with Crippen molar-refractivity contribution in [1.29, 1.82) is 0 Å². The van der Waals surface area contributed by atoms with Gasteiger partial charge < -0.3 is 9.32 Å². The maximum atomic E-state index is 12.7. The molecule has 1 amide bonds. The predicted octanol–water partition coefficient (Wildman–Crippen LogP) is 2.68. The minimum atomic E-state index is -0.0984. The number of carbonyl (C=O) groups is 1. The van der Waals surface area contributed by atoms with Crippen LogP contribution in [0.25, 0.3) is 0 Å². The Balaban J connectivity index is 1.60. The minimum Gasteiger partial charge on any atom is -0.445 e. The molecule has 2 aromatic rings. The molecule has 0 fully saturated rings. The van der Waals surface area contributed by atoms with E-state index in [1.165, 1.54) is 0 Å². The van der Waals surface area contributed by atoms with Gasteiger partial charge in [0.05, 0.1) is 19.0 Å². The summed E-state index contributed by atoms with van der Waals surface area (Å²) in [6, 6.07) is 1.87. The number of oxazole rings is 1. The molecule has 0 spiro atoms. The molecule has 0 saturated carbocycles. The molecule has 1 aliphatic rings. The van der Waals surface area contributed by atoms with E-state index in [1.54, 1.807) is 10.9 Å². The van der Waals surface area contributed by atoms with Gasteiger partial charge in [0.15, 0.2) is 5.89 Å². The Bertz CT molecular complexity index is 675. The van der Waals surface area contributed by atoms with E-state index in [4.69, 9.17) is 4.42 Å². The molecule has 0 N–H and O–H groups in total. The third-order valence-corrected chi connectivity index (χ3v) is 4.46. The molecule has 24 heavy (non-hydrogen) atoms. The van der Waals surface area contributed by atoms with Crippen LogP contribution in [-0.4, -0.2) is 32.1 Å². The molecule has 6 nitrogen and oxygen atoms in total. The number of aryl methyl sites for hydroxylation is 1. The smallest absolute Gasteiger partial charge is 0.227 e. The number of fused-ring (bicyclic) bond motifs is 1. The van der Waals surface area contributed by atoms with Crippen LogP contribution in [0.3, 0.4) is 0 Å². The molecular formula is C18H26N4O2. The third kappa shape index (κ3) is 3.86. The number of nitrogens with zero attached hydrogens (tertiary/aromatic N) is 4. The highest BCUT2D eigenvalue weighted by atomic mass is 16.4. The number of carbonyl (C=O) groups excluding carboxylic acids is 1. The standard InChI is InChI=1S/C18H26N4O2/c1-13(2)5-6-17-20-15-12-21(10-7-16(15)24-17)18(23)14(3)11-22-9-4-8-19-22/h4,8-9,13-14H,5-7,10-12H2,1-3H3. The Morgan fingerprint density at radius 2 is 2.21 bits per heavy atom. The molecule has 1 aliphatic heterocycles. The van der Waals surface area contributed by atoms with Crippen molar-refractivity contribution in [2.75, 3.05) is 6.54 Å². The van der Waals surface area contributed by atoms with Crippen LogP contribution in [0.1, 0.15) is 44.5 Å². The van der Waals surface area contributed by atoms with E-state index in [0.717, 1.165) is 36.6 Å². The molecule has 130 valence electrons. The summed E-state index contributed by atoms with van der Waals surface area (Å²) in [6.45, 7) is 8.22. The van der Waals surface area contributed by atoms with E-state index < -0.39 is 0 Å². The Morgan fingerprint density at radius 3 is 2.92 bits per heavy atom. The first-order valence-electron chi connectivity index (χ1n) is 8.76. The molecule has 0 radical (unpaired) electrons. The van der Waals surface area contributed by atoms with Gasteiger partial charge in [-0.1, -0.05) is 20.8 Å². The van der Waals surface area contributed by atoms with Gasteiger partial charge >= 0.3 is 0 Å². The summed E-state index contributed by atoms with van der Waals surface area (Å²) in [4.78, 5) is 19.2. The first kappa shape index (κ1) is 16.7. The first-order valence-corrected chi connectivity index (χ1v) is 8.76. The van der Waals surface area contributed by atoms with Crippen LogP contribution >= 0.6 is 0 Å². The topological polar surface area (TPSA) is 64.2 Å². The largest absolute Gasteiger partial charge is 0.445 e. The molecule has 0 bridgehead atoms. The average molecular weight is 330 g/mol. The highest BCUT2D eigenvalue weighted by molar-refractivity contribution is 5.78. The lowest BCUT2D eigenvalue weighted by atomic mass is 10.1. The summed E-state index contributed by atoms with van der Waals surface area (Å²) in [5.74, 6) is 2.46. The summed E-state index contributed by atoms with van der Waals surface area (Å²) < 4.78 is 7.67. The van der Waals surface area contributed by atoms with E-state index in [0.29, 0.717) is 25.6 Å². The van der Waals surface area contributed by atoms with Crippen molar-refractivity contribution in [2.24, 2.45) is 11.8 Å². The van der Waals surface area contributed by atoms with Crippen LogP contribution in [0, 0.1) is 11.8 Å². The third-order valence-electron chi connectivity index (χ3n) is 4.46. The number of amides is 1. The van der Waals surface area contributed by atoms with Crippen molar-refractivity contribution >= 4 is 5.91 Å². The first-order chi connectivity index (χ1) is 11.5. The van der Waals surface area contributed by atoms with Crippen molar-refractivity contribution in [3.8, 4) is 0 Å². The monoisotopic (exact) mass is 330 g/mol. The lowest BCUT2D eigenvalue weighted by Gasteiger charge is -2.28. The van der Waals surface area contributed by atoms with Gasteiger partial charge in [-0.05, 0) is 18.4 Å². The molecule has 0 saturated heterocycles. The number of hydrogen-bond acceptors (Lipinski definition) is 4. The second-order valence-corrected chi connectivity index (χ2v) is 7.05. The molecular weight excluding hydrogens is 304 g/mol. The molecule has 0 aliphatic carbocycles. The maximum Gasteiger partial charge on any atom is 0.227 e. The van der Waals surface area contributed by atoms with Crippen molar-refractivity contribution in [3.63, 3.8) is 0 Å². The van der Waals surface area contributed by atoms with E-state index in [2.05, 4.69) is 23.9 Å². The normalized spacial score (nSPS) is 15.6. The zero-order chi connectivity index (χ0) is 17.1. The van der Waals surface area contributed by atoms with Gasteiger partial charge in [0.2, 0.25) is 5.91 Å². The van der Waals surface area contributed by atoms with Crippen LogP contribution in [0.15, 0.2) is 22.9 Å². The number of rotatable bonds is 6. The second kappa shape index (κ2) is 7.20. The van der Waals surface area contributed by atoms with E-state index in [1.807, 2.05) is 24.1 Å². The van der Waals surface area contributed by atoms with E-state index in [-0.39, 0.29) is 11.8 Å². The fourth-order valence-electron chi connectivity index (χ4n) is 3.04. The Labute approximate surface area is 142 Å². The SMILES string of the molecule is CC(C)CCc1nc2c(o1)CCN(C(=O)C(C)Cn1cccn1)C2. The second-order valence-electron chi connectivity index (χ2n) is 7.05. The predicted molar refractivity (Wildman–Crippen MR) is 90.2 cm³/mol. The van der Waals surface area contributed by atoms with Crippen molar-refractivity contribution in [3.05, 3.63) is 35.8 Å². The van der Waals surface area contributed by atoms with E-state index in [9.17, 15) is 4.79 Å². The molecule has 3 rings (SSSR count). The van der Waals surface area contributed by atoms with Crippen LogP contribution < -0.4 is 0 Å². The van der Waals surface area contributed by atoms with Crippen LogP contribution in [0.2, 0.25) is 0 Å². The van der Waals surface area contributed by atoms with Gasteiger partial charge in [-0.2, -0.15) is 5.10 Å². The Hall–Kier alpha value is -2.11. The fraction of sp³-hybridized carbons (Fsp3) is 0.611. The lowest BCUT2D eigenvalue weighted by molar-refractivity contribution is -0.136. The fourth-order valence-corrected chi connectivity index (χ4v) is 3.04. The number of aromatic nitrogens is 3. The van der Waals surface area contributed by atoms with Gasteiger partial charge in [-0.25, -0.2) is 4.98 Å². The maximum absolute atomic E-state index is 12.7. The van der Waals surface area contributed by atoms with Gasteiger partial charge in [-0.15, -0.1) is 0 Å². The van der Waals surface area contributed by atoms with Gasteiger partial charge in [0.25, 0.3) is 0 Å². The molecule has 2 aromatic heterocycles.